The van der Waals surface area contributed by atoms with Crippen LogP contribution in [-0.4, -0.2) is 44.7 Å². The Balaban J connectivity index is 1.96. The van der Waals surface area contributed by atoms with E-state index in [1.807, 2.05) is 0 Å². The van der Waals surface area contributed by atoms with Crippen molar-refractivity contribution in [3.8, 4) is 0 Å². The molecule has 2 unspecified atom stereocenters. The molecule has 1 aromatic heterocycles. The standard InChI is InChI=1S/C8H14N6/c9-7-10-12-14(11-7)8-2-1-4-13(6-8)5-3-8/h1-6H2,(H2,9,11). The first-order valence-corrected chi connectivity index (χ1v) is 5.07. The van der Waals surface area contributed by atoms with Crippen molar-refractivity contribution in [3.05, 3.63) is 0 Å². The Morgan fingerprint density at radius 1 is 1.29 bits per heavy atom. The molecule has 6 heteroatoms. The van der Waals surface area contributed by atoms with Crippen LogP contribution in [0, 0.1) is 0 Å². The highest BCUT2D eigenvalue weighted by atomic mass is 15.6. The van der Waals surface area contributed by atoms with Gasteiger partial charge in [0.1, 0.15) is 0 Å². The second-order valence-electron chi connectivity index (χ2n) is 4.29. The van der Waals surface area contributed by atoms with Crippen molar-refractivity contribution in [1.82, 2.24) is 25.1 Å². The van der Waals surface area contributed by atoms with Crippen LogP contribution in [0.1, 0.15) is 19.3 Å². The summed E-state index contributed by atoms with van der Waals surface area (Å²) >= 11 is 0. The molecule has 0 aliphatic carbocycles. The molecule has 2 aliphatic heterocycles. The second kappa shape index (κ2) is 2.66. The molecule has 3 rings (SSSR count). The third-order valence-corrected chi connectivity index (χ3v) is 3.38. The molecule has 2 fully saturated rings. The van der Waals surface area contributed by atoms with Gasteiger partial charge in [0, 0.05) is 13.1 Å². The van der Waals surface area contributed by atoms with E-state index in [2.05, 4.69) is 20.3 Å². The normalized spacial score (nSPS) is 36.1. The van der Waals surface area contributed by atoms with Crippen LogP contribution in [0.5, 0.6) is 0 Å². The Labute approximate surface area is 82.1 Å². The highest BCUT2D eigenvalue weighted by Gasteiger charge is 2.44. The SMILES string of the molecule is Nc1nnn(C23CCCN(CC2)C3)n1. The zero-order chi connectivity index (χ0) is 9.60. The molecule has 0 spiro atoms. The zero-order valence-electron chi connectivity index (χ0n) is 8.06. The first-order chi connectivity index (χ1) is 6.78. The Morgan fingerprint density at radius 3 is 3.00 bits per heavy atom. The number of tetrazole rings is 1. The zero-order valence-corrected chi connectivity index (χ0v) is 8.06. The first kappa shape index (κ1) is 8.16. The molecule has 14 heavy (non-hydrogen) atoms. The Kier molecular flexibility index (Phi) is 1.55. The Morgan fingerprint density at radius 2 is 2.21 bits per heavy atom. The van der Waals surface area contributed by atoms with E-state index in [-0.39, 0.29) is 11.5 Å². The van der Waals surface area contributed by atoms with Crippen molar-refractivity contribution in [3.63, 3.8) is 0 Å². The average molecular weight is 194 g/mol. The van der Waals surface area contributed by atoms with Gasteiger partial charge in [-0.05, 0) is 31.0 Å². The Hall–Kier alpha value is -1.17. The number of aromatic nitrogens is 4. The van der Waals surface area contributed by atoms with Gasteiger partial charge in [0.25, 0.3) is 5.95 Å². The summed E-state index contributed by atoms with van der Waals surface area (Å²) in [5.74, 6) is 0.281. The lowest BCUT2D eigenvalue weighted by molar-refractivity contribution is 0.152. The summed E-state index contributed by atoms with van der Waals surface area (Å²) in [6, 6.07) is 0. The summed E-state index contributed by atoms with van der Waals surface area (Å²) < 4.78 is 0. The van der Waals surface area contributed by atoms with Crippen LogP contribution in [0.15, 0.2) is 0 Å². The van der Waals surface area contributed by atoms with Crippen molar-refractivity contribution in [2.45, 2.75) is 24.8 Å². The van der Waals surface area contributed by atoms with Crippen molar-refractivity contribution in [2.24, 2.45) is 0 Å². The molecule has 1 aromatic rings. The fraction of sp³-hybridized carbons (Fsp3) is 0.875. The smallest absolute Gasteiger partial charge is 0.260 e. The predicted octanol–water partition coefficient (Wildman–Crippen LogP) is -0.550. The van der Waals surface area contributed by atoms with E-state index >= 15 is 0 Å². The largest absolute Gasteiger partial charge is 0.365 e. The van der Waals surface area contributed by atoms with Crippen molar-refractivity contribution >= 4 is 5.95 Å². The highest BCUT2D eigenvalue weighted by molar-refractivity contribution is 5.08. The van der Waals surface area contributed by atoms with E-state index in [1.54, 1.807) is 4.80 Å². The van der Waals surface area contributed by atoms with Gasteiger partial charge in [0.05, 0.1) is 5.54 Å². The van der Waals surface area contributed by atoms with Gasteiger partial charge in [-0.25, -0.2) is 0 Å². The molecule has 2 atom stereocenters. The molecule has 3 heterocycles. The fourth-order valence-corrected chi connectivity index (χ4v) is 2.66. The van der Waals surface area contributed by atoms with Gasteiger partial charge in [-0.2, -0.15) is 4.80 Å². The summed E-state index contributed by atoms with van der Waals surface area (Å²) in [5.41, 5.74) is 5.58. The molecule has 0 radical (unpaired) electrons. The van der Waals surface area contributed by atoms with Crippen LogP contribution >= 0.6 is 0 Å². The third-order valence-electron chi connectivity index (χ3n) is 3.38. The molecule has 2 aliphatic rings. The number of hydrogen-bond donors (Lipinski definition) is 1. The summed E-state index contributed by atoms with van der Waals surface area (Å²) in [6.45, 7) is 3.43. The van der Waals surface area contributed by atoms with E-state index in [0.29, 0.717) is 0 Å². The van der Waals surface area contributed by atoms with Crippen LogP contribution in [-0.2, 0) is 5.54 Å². The minimum absolute atomic E-state index is 0.0862. The van der Waals surface area contributed by atoms with Crippen molar-refractivity contribution in [2.75, 3.05) is 25.4 Å². The number of nitrogens with two attached hydrogens (primary N) is 1. The quantitative estimate of drug-likeness (QED) is 0.649. The maximum absolute atomic E-state index is 5.49. The molecule has 76 valence electrons. The molecule has 0 amide bonds. The number of nitrogens with zero attached hydrogens (tertiary/aromatic N) is 5. The summed E-state index contributed by atoms with van der Waals surface area (Å²) in [7, 11) is 0. The van der Waals surface area contributed by atoms with Crippen LogP contribution in [0.3, 0.4) is 0 Å². The van der Waals surface area contributed by atoms with E-state index in [0.717, 1.165) is 25.9 Å². The molecule has 6 nitrogen and oxygen atoms in total. The van der Waals surface area contributed by atoms with E-state index in [9.17, 15) is 0 Å². The molecule has 2 N–H and O–H groups in total. The summed E-state index contributed by atoms with van der Waals surface area (Å²) in [4.78, 5) is 4.20. The van der Waals surface area contributed by atoms with Gasteiger partial charge >= 0.3 is 0 Å². The van der Waals surface area contributed by atoms with Crippen LogP contribution in [0.2, 0.25) is 0 Å². The van der Waals surface area contributed by atoms with Crippen molar-refractivity contribution < 1.29 is 0 Å². The number of fused-ring (bicyclic) bond motifs is 2. The maximum atomic E-state index is 5.49. The molecule has 0 saturated carbocycles. The number of piperidine rings is 1. The molecular formula is C8H14N6. The van der Waals surface area contributed by atoms with Crippen LogP contribution in [0.25, 0.3) is 0 Å². The number of anilines is 1. The second-order valence-corrected chi connectivity index (χ2v) is 4.29. The number of nitrogen functional groups attached to an aromatic ring is 1. The fourth-order valence-electron chi connectivity index (χ4n) is 2.66. The van der Waals surface area contributed by atoms with Gasteiger partial charge in [0.15, 0.2) is 0 Å². The van der Waals surface area contributed by atoms with E-state index < -0.39 is 0 Å². The average Bonchev–Trinajstić information content (AvgIpc) is 2.73. The van der Waals surface area contributed by atoms with Gasteiger partial charge in [-0.15, -0.1) is 5.10 Å². The minimum atomic E-state index is 0.0862. The Bertz CT molecular complexity index is 343. The lowest BCUT2D eigenvalue weighted by Gasteiger charge is -2.32. The minimum Gasteiger partial charge on any atom is -0.365 e. The topological polar surface area (TPSA) is 72.9 Å². The molecular weight excluding hydrogens is 180 g/mol. The number of hydrogen-bond acceptors (Lipinski definition) is 5. The summed E-state index contributed by atoms with van der Waals surface area (Å²) in [5, 5.41) is 11.9. The monoisotopic (exact) mass is 194 g/mol. The van der Waals surface area contributed by atoms with Gasteiger partial charge in [-0.1, -0.05) is 5.10 Å². The van der Waals surface area contributed by atoms with E-state index in [4.69, 9.17) is 5.73 Å². The van der Waals surface area contributed by atoms with Gasteiger partial charge in [-0.3, -0.25) is 0 Å². The highest BCUT2D eigenvalue weighted by Crippen LogP contribution is 2.36. The number of rotatable bonds is 1. The molecule has 0 aromatic carbocycles. The lowest BCUT2D eigenvalue weighted by Crippen LogP contribution is -2.42. The van der Waals surface area contributed by atoms with Crippen LogP contribution < -0.4 is 5.73 Å². The molecule has 2 saturated heterocycles. The van der Waals surface area contributed by atoms with E-state index in [1.165, 1.54) is 13.0 Å². The maximum Gasteiger partial charge on any atom is 0.260 e. The van der Waals surface area contributed by atoms with Gasteiger partial charge < -0.3 is 10.6 Å². The van der Waals surface area contributed by atoms with Crippen molar-refractivity contribution in [1.29, 1.82) is 0 Å². The predicted molar refractivity (Wildman–Crippen MR) is 50.5 cm³/mol. The molecule has 2 bridgehead atoms. The lowest BCUT2D eigenvalue weighted by atomic mass is 9.91. The van der Waals surface area contributed by atoms with Crippen LogP contribution in [0.4, 0.5) is 5.95 Å². The third kappa shape index (κ3) is 1.03. The first-order valence-electron chi connectivity index (χ1n) is 5.07. The summed E-state index contributed by atoms with van der Waals surface area (Å²) in [6.07, 6.45) is 3.50. The van der Waals surface area contributed by atoms with Gasteiger partial charge in [0.2, 0.25) is 0 Å².